The van der Waals surface area contributed by atoms with Gasteiger partial charge in [0.2, 0.25) is 5.91 Å². The second kappa shape index (κ2) is 6.55. The molecule has 24 heavy (non-hydrogen) atoms. The Kier molecular flexibility index (Phi) is 4.63. The molecule has 3 atom stereocenters. The van der Waals surface area contributed by atoms with Crippen molar-refractivity contribution in [2.45, 2.75) is 32.7 Å². The molecule has 2 fully saturated rings. The summed E-state index contributed by atoms with van der Waals surface area (Å²) in [6, 6.07) is 9.71. The van der Waals surface area contributed by atoms with Crippen molar-refractivity contribution in [2.75, 3.05) is 19.8 Å². The molecule has 1 N–H and O–H groups in total. The van der Waals surface area contributed by atoms with Crippen LogP contribution in [0.4, 0.5) is 0 Å². The summed E-state index contributed by atoms with van der Waals surface area (Å²) >= 11 is 0. The van der Waals surface area contributed by atoms with Crippen molar-refractivity contribution in [2.24, 2.45) is 17.3 Å². The topological polar surface area (TPSA) is 66.8 Å². The molecule has 1 saturated heterocycles. The van der Waals surface area contributed by atoms with Gasteiger partial charge in [0.15, 0.2) is 0 Å². The minimum Gasteiger partial charge on any atom is -0.465 e. The van der Waals surface area contributed by atoms with Crippen LogP contribution in [0.5, 0.6) is 0 Å². The van der Waals surface area contributed by atoms with Crippen molar-refractivity contribution in [1.82, 2.24) is 4.90 Å². The van der Waals surface area contributed by atoms with E-state index >= 15 is 0 Å². The summed E-state index contributed by atoms with van der Waals surface area (Å²) in [5.74, 6) is -1.57. The first-order valence-corrected chi connectivity index (χ1v) is 8.67. The summed E-state index contributed by atoms with van der Waals surface area (Å²) in [4.78, 5) is 27.2. The van der Waals surface area contributed by atoms with Crippen LogP contribution >= 0.6 is 0 Å². The van der Waals surface area contributed by atoms with Crippen molar-refractivity contribution in [3.05, 3.63) is 35.9 Å². The molecule has 1 aliphatic carbocycles. The molecule has 2 aliphatic rings. The van der Waals surface area contributed by atoms with Crippen molar-refractivity contribution >= 4 is 11.9 Å². The minimum absolute atomic E-state index is 0.0222. The molecular weight excluding hydrogens is 306 g/mol. The molecule has 0 radical (unpaired) electrons. The average Bonchev–Trinajstić information content (AvgIpc) is 3.32. The molecule has 3 rings (SSSR count). The fourth-order valence-corrected chi connectivity index (χ4v) is 3.87. The van der Waals surface area contributed by atoms with E-state index in [-0.39, 0.29) is 36.5 Å². The largest absolute Gasteiger partial charge is 0.465 e. The van der Waals surface area contributed by atoms with Gasteiger partial charge in [-0.2, -0.15) is 0 Å². The predicted molar refractivity (Wildman–Crippen MR) is 88.9 cm³/mol. The predicted octanol–water partition coefficient (Wildman–Crippen LogP) is 2.16. The first-order valence-electron chi connectivity index (χ1n) is 8.67. The van der Waals surface area contributed by atoms with E-state index in [0.29, 0.717) is 6.54 Å². The SMILES string of the molecule is CCOC(=O)[C@H]1C(=O)N([C@@H](C)c2ccccc2)C[C@H]1C1(CO)CC1. The third-order valence-electron chi connectivity index (χ3n) is 5.63. The molecule has 1 aliphatic heterocycles. The lowest BCUT2D eigenvalue weighted by Gasteiger charge is -2.26. The van der Waals surface area contributed by atoms with Crippen LogP contribution in [-0.2, 0) is 14.3 Å². The second-order valence-corrected chi connectivity index (χ2v) is 6.93. The third kappa shape index (κ3) is 2.81. The van der Waals surface area contributed by atoms with E-state index in [1.165, 1.54) is 0 Å². The monoisotopic (exact) mass is 331 g/mol. The van der Waals surface area contributed by atoms with Crippen molar-refractivity contribution in [3.8, 4) is 0 Å². The molecule has 1 amide bonds. The Morgan fingerprint density at radius 3 is 2.58 bits per heavy atom. The van der Waals surface area contributed by atoms with Gasteiger partial charge >= 0.3 is 5.97 Å². The van der Waals surface area contributed by atoms with E-state index in [9.17, 15) is 14.7 Å². The number of amides is 1. The zero-order valence-electron chi connectivity index (χ0n) is 14.3. The molecule has 5 heteroatoms. The van der Waals surface area contributed by atoms with Gasteiger partial charge in [-0.1, -0.05) is 30.3 Å². The maximum Gasteiger partial charge on any atom is 0.318 e. The number of aliphatic hydroxyl groups excluding tert-OH is 1. The molecule has 0 aromatic heterocycles. The highest BCUT2D eigenvalue weighted by Gasteiger charge is 2.60. The van der Waals surface area contributed by atoms with Gasteiger partial charge in [0.1, 0.15) is 5.92 Å². The van der Waals surface area contributed by atoms with Gasteiger partial charge in [-0.05, 0) is 37.7 Å². The van der Waals surface area contributed by atoms with Crippen LogP contribution in [0.1, 0.15) is 38.3 Å². The van der Waals surface area contributed by atoms with E-state index in [4.69, 9.17) is 4.74 Å². The Bertz CT molecular complexity index is 611. The highest BCUT2D eigenvalue weighted by atomic mass is 16.5. The molecule has 1 heterocycles. The first-order chi connectivity index (χ1) is 11.5. The summed E-state index contributed by atoms with van der Waals surface area (Å²) in [7, 11) is 0. The van der Waals surface area contributed by atoms with Crippen LogP contribution in [0.2, 0.25) is 0 Å². The Labute approximate surface area is 142 Å². The van der Waals surface area contributed by atoms with Gasteiger partial charge in [0, 0.05) is 19.1 Å². The van der Waals surface area contributed by atoms with Gasteiger partial charge < -0.3 is 14.7 Å². The van der Waals surface area contributed by atoms with Gasteiger partial charge in [-0.15, -0.1) is 0 Å². The summed E-state index contributed by atoms with van der Waals surface area (Å²) in [6.45, 7) is 4.51. The Morgan fingerprint density at radius 2 is 2.04 bits per heavy atom. The number of benzene rings is 1. The van der Waals surface area contributed by atoms with Crippen LogP contribution in [0, 0.1) is 17.3 Å². The molecule has 1 saturated carbocycles. The molecule has 1 aromatic rings. The summed E-state index contributed by atoms with van der Waals surface area (Å²) in [6.07, 6.45) is 1.73. The van der Waals surface area contributed by atoms with Gasteiger partial charge in [-0.3, -0.25) is 9.59 Å². The van der Waals surface area contributed by atoms with E-state index < -0.39 is 11.9 Å². The molecular formula is C19H25NO4. The fraction of sp³-hybridized carbons (Fsp3) is 0.579. The summed E-state index contributed by atoms with van der Waals surface area (Å²) < 4.78 is 5.16. The molecule has 130 valence electrons. The maximum atomic E-state index is 13.0. The van der Waals surface area contributed by atoms with Gasteiger partial charge in [0.25, 0.3) is 0 Å². The Morgan fingerprint density at radius 1 is 1.38 bits per heavy atom. The zero-order chi connectivity index (χ0) is 17.3. The number of nitrogens with zero attached hydrogens (tertiary/aromatic N) is 1. The molecule has 0 unspecified atom stereocenters. The zero-order valence-corrected chi connectivity index (χ0v) is 14.3. The number of rotatable bonds is 6. The van der Waals surface area contributed by atoms with Crippen molar-refractivity contribution in [1.29, 1.82) is 0 Å². The average molecular weight is 331 g/mol. The second-order valence-electron chi connectivity index (χ2n) is 6.93. The van der Waals surface area contributed by atoms with Crippen LogP contribution in [0.15, 0.2) is 30.3 Å². The van der Waals surface area contributed by atoms with Crippen LogP contribution in [0.3, 0.4) is 0 Å². The fourth-order valence-electron chi connectivity index (χ4n) is 3.87. The lowest BCUT2D eigenvalue weighted by atomic mass is 9.81. The minimum atomic E-state index is -0.786. The molecule has 0 bridgehead atoms. The number of hydrogen-bond acceptors (Lipinski definition) is 4. The van der Waals surface area contributed by atoms with E-state index in [1.807, 2.05) is 37.3 Å². The first kappa shape index (κ1) is 17.0. The Balaban J connectivity index is 1.87. The lowest BCUT2D eigenvalue weighted by molar-refractivity contribution is -0.155. The normalized spacial score (nSPS) is 26.3. The number of hydrogen-bond donors (Lipinski definition) is 1. The van der Waals surface area contributed by atoms with Crippen LogP contribution < -0.4 is 0 Å². The maximum absolute atomic E-state index is 13.0. The molecule has 5 nitrogen and oxygen atoms in total. The van der Waals surface area contributed by atoms with Crippen LogP contribution in [0.25, 0.3) is 0 Å². The van der Waals surface area contributed by atoms with E-state index in [0.717, 1.165) is 18.4 Å². The number of aliphatic hydroxyl groups is 1. The van der Waals surface area contributed by atoms with Gasteiger partial charge in [-0.25, -0.2) is 0 Å². The smallest absolute Gasteiger partial charge is 0.318 e. The standard InChI is InChI=1S/C19H25NO4/c1-3-24-18(23)16-15(19(12-21)9-10-19)11-20(17(16)22)13(2)14-7-5-4-6-8-14/h4-8,13,15-16,21H,3,9-12H2,1-2H3/t13-,15+,16+/m0/s1. The number of likely N-dealkylation sites (tertiary alicyclic amines) is 1. The molecule has 0 spiro atoms. The summed E-state index contributed by atoms with van der Waals surface area (Å²) in [5.41, 5.74) is 0.751. The van der Waals surface area contributed by atoms with E-state index in [2.05, 4.69) is 0 Å². The lowest BCUT2D eigenvalue weighted by Crippen LogP contribution is -2.35. The highest BCUT2D eigenvalue weighted by Crippen LogP contribution is 2.57. The number of carbonyl (C=O) groups is 2. The van der Waals surface area contributed by atoms with Crippen LogP contribution in [-0.4, -0.2) is 41.6 Å². The van der Waals surface area contributed by atoms with E-state index in [1.54, 1.807) is 11.8 Å². The van der Waals surface area contributed by atoms with Gasteiger partial charge in [0.05, 0.1) is 12.6 Å². The quantitative estimate of drug-likeness (QED) is 0.641. The summed E-state index contributed by atoms with van der Waals surface area (Å²) in [5, 5.41) is 9.79. The molecule has 1 aromatic carbocycles. The van der Waals surface area contributed by atoms with Crippen molar-refractivity contribution in [3.63, 3.8) is 0 Å². The van der Waals surface area contributed by atoms with Crippen molar-refractivity contribution < 1.29 is 19.4 Å². The number of carbonyl (C=O) groups excluding carboxylic acids is 2. The number of esters is 1. The Hall–Kier alpha value is -1.88. The number of ether oxygens (including phenoxy) is 1. The third-order valence-corrected chi connectivity index (χ3v) is 5.63. The highest BCUT2D eigenvalue weighted by molar-refractivity contribution is 6.00.